The topological polar surface area (TPSA) is 106 Å². The second-order valence-corrected chi connectivity index (χ2v) is 13.4. The Balaban J connectivity index is 1.35. The molecule has 0 bridgehead atoms. The molecule has 0 spiro atoms. The highest BCUT2D eigenvalue weighted by atomic mass is 35.5. The van der Waals surface area contributed by atoms with Crippen molar-refractivity contribution in [2.24, 2.45) is 0 Å². The molecule has 40 heavy (non-hydrogen) atoms. The highest BCUT2D eigenvalue weighted by molar-refractivity contribution is 7.92. The van der Waals surface area contributed by atoms with E-state index >= 15 is 0 Å². The minimum atomic E-state index is -2.47. The molecule has 2 aliphatic heterocycles. The zero-order valence-electron chi connectivity index (χ0n) is 22.1. The van der Waals surface area contributed by atoms with Gasteiger partial charge in [-0.25, -0.2) is 13.9 Å². The van der Waals surface area contributed by atoms with Crippen LogP contribution in [0.3, 0.4) is 0 Å². The molecular formula is C28H30Cl2N6O3S. The van der Waals surface area contributed by atoms with Gasteiger partial charge in [-0.1, -0.05) is 23.2 Å². The van der Waals surface area contributed by atoms with E-state index in [9.17, 15) is 4.21 Å². The summed E-state index contributed by atoms with van der Waals surface area (Å²) in [5, 5.41) is 6.85. The molecule has 1 aromatic carbocycles. The van der Waals surface area contributed by atoms with Crippen molar-refractivity contribution >= 4 is 49.7 Å². The van der Waals surface area contributed by atoms with Gasteiger partial charge in [0.1, 0.15) is 23.4 Å². The fourth-order valence-corrected chi connectivity index (χ4v) is 7.19. The molecular weight excluding hydrogens is 571 g/mol. The number of hydrogen-bond acceptors (Lipinski definition) is 8. The van der Waals surface area contributed by atoms with Crippen LogP contribution in [0.5, 0.6) is 5.75 Å². The molecule has 5 heterocycles. The van der Waals surface area contributed by atoms with Gasteiger partial charge in [0.05, 0.1) is 15.6 Å². The SMILES string of the molecule is C[C@H](Oc1ccc2c(c1)c(-c1ccc(N3CCS(=N)(=O)CC3)nc1)nn2C1CCCCO1)c1c(Cl)cncc1Cl. The van der Waals surface area contributed by atoms with Crippen LogP contribution in [0, 0.1) is 4.78 Å². The van der Waals surface area contributed by atoms with Crippen molar-refractivity contribution in [3.63, 3.8) is 0 Å². The smallest absolute Gasteiger partial charge is 0.150 e. The number of hydrogen-bond donors (Lipinski definition) is 1. The van der Waals surface area contributed by atoms with Crippen molar-refractivity contribution in [1.29, 1.82) is 4.78 Å². The predicted octanol–water partition coefficient (Wildman–Crippen LogP) is 6.51. The van der Waals surface area contributed by atoms with Crippen molar-refractivity contribution in [2.45, 2.75) is 38.5 Å². The maximum absolute atomic E-state index is 12.1. The van der Waals surface area contributed by atoms with Crippen molar-refractivity contribution < 1.29 is 13.7 Å². The van der Waals surface area contributed by atoms with Crippen LogP contribution in [0.1, 0.15) is 44.1 Å². The van der Waals surface area contributed by atoms with Crippen LogP contribution in [0.25, 0.3) is 22.2 Å². The Labute approximate surface area is 243 Å². The highest BCUT2D eigenvalue weighted by Crippen LogP contribution is 2.37. The molecule has 210 valence electrons. The lowest BCUT2D eigenvalue weighted by Gasteiger charge is -2.28. The lowest BCUT2D eigenvalue weighted by molar-refractivity contribution is -0.0365. The average Bonchev–Trinajstić information content (AvgIpc) is 3.32. The number of pyridine rings is 2. The molecule has 0 aliphatic carbocycles. The molecule has 2 atom stereocenters. The van der Waals surface area contributed by atoms with Crippen molar-refractivity contribution in [3.8, 4) is 17.0 Å². The van der Waals surface area contributed by atoms with Crippen LogP contribution < -0.4 is 9.64 Å². The fraction of sp³-hybridized carbons (Fsp3) is 0.393. The number of benzene rings is 1. The number of rotatable bonds is 6. The zero-order chi connectivity index (χ0) is 27.9. The fourth-order valence-electron chi connectivity index (χ4n) is 5.29. The van der Waals surface area contributed by atoms with Gasteiger partial charge >= 0.3 is 0 Å². The Kier molecular flexibility index (Phi) is 7.60. The Morgan fingerprint density at radius 3 is 2.55 bits per heavy atom. The molecule has 9 nitrogen and oxygen atoms in total. The van der Waals surface area contributed by atoms with Gasteiger partial charge in [-0.3, -0.25) is 9.76 Å². The minimum absolute atomic E-state index is 0.134. The van der Waals surface area contributed by atoms with E-state index in [4.69, 9.17) is 47.5 Å². The van der Waals surface area contributed by atoms with E-state index < -0.39 is 15.8 Å². The highest BCUT2D eigenvalue weighted by Gasteiger charge is 2.24. The number of fused-ring (bicyclic) bond motifs is 1. The molecule has 3 aromatic heterocycles. The molecule has 2 aliphatic rings. The summed E-state index contributed by atoms with van der Waals surface area (Å²) in [6.07, 6.45) is 7.45. The Morgan fingerprint density at radius 1 is 1.10 bits per heavy atom. The van der Waals surface area contributed by atoms with E-state index in [1.54, 1.807) is 12.4 Å². The van der Waals surface area contributed by atoms with Crippen LogP contribution in [0.15, 0.2) is 48.9 Å². The molecule has 6 rings (SSSR count). The second kappa shape index (κ2) is 11.2. The maximum Gasteiger partial charge on any atom is 0.150 e. The maximum atomic E-state index is 12.1. The molecule has 0 radical (unpaired) electrons. The molecule has 2 fully saturated rings. The molecule has 2 saturated heterocycles. The molecule has 12 heteroatoms. The first-order valence-electron chi connectivity index (χ1n) is 13.3. The lowest BCUT2D eigenvalue weighted by Crippen LogP contribution is -2.40. The van der Waals surface area contributed by atoms with E-state index in [-0.39, 0.29) is 6.23 Å². The van der Waals surface area contributed by atoms with Gasteiger partial charge in [0.2, 0.25) is 0 Å². The first kappa shape index (κ1) is 27.3. The summed E-state index contributed by atoms with van der Waals surface area (Å²) in [6, 6.07) is 9.89. The first-order valence-corrected chi connectivity index (χ1v) is 16.0. The summed E-state index contributed by atoms with van der Waals surface area (Å²) < 4.78 is 34.3. The van der Waals surface area contributed by atoms with Crippen molar-refractivity contribution in [3.05, 3.63) is 64.5 Å². The lowest BCUT2D eigenvalue weighted by atomic mass is 10.1. The third-order valence-electron chi connectivity index (χ3n) is 7.44. The Bertz CT molecular complexity index is 1600. The molecule has 4 aromatic rings. The van der Waals surface area contributed by atoms with Crippen LogP contribution in [0.2, 0.25) is 10.0 Å². The summed E-state index contributed by atoms with van der Waals surface area (Å²) in [6.45, 7) is 3.75. The van der Waals surface area contributed by atoms with Gasteiger partial charge in [-0.05, 0) is 56.5 Å². The van der Waals surface area contributed by atoms with E-state index in [2.05, 4.69) is 9.88 Å². The summed E-state index contributed by atoms with van der Waals surface area (Å²) in [7, 11) is -2.47. The number of nitrogens with zero attached hydrogens (tertiary/aromatic N) is 5. The molecule has 1 N–H and O–H groups in total. The summed E-state index contributed by atoms with van der Waals surface area (Å²) in [4.78, 5) is 10.8. The standard InChI is InChI=1S/C28H30Cl2N6O3S/c1-18(27-22(29)16-32-17-23(27)30)39-20-6-7-24-21(14-20)28(34-36(24)26-4-2-3-11-38-26)19-5-8-25(33-15-19)35-9-12-40(31,37)13-10-35/h5-8,14-18,26,31H,2-4,9-13H2,1H3/t18-,26?/m0/s1. The normalized spacial score (nSPS) is 20.0. The van der Waals surface area contributed by atoms with Gasteiger partial charge in [0, 0.05) is 76.0 Å². The van der Waals surface area contributed by atoms with E-state index in [0.717, 1.165) is 47.2 Å². The van der Waals surface area contributed by atoms with E-state index in [0.29, 0.717) is 52.6 Å². The van der Waals surface area contributed by atoms with Crippen LogP contribution in [0.4, 0.5) is 5.82 Å². The number of halogens is 2. The number of aromatic nitrogens is 4. The second-order valence-electron chi connectivity index (χ2n) is 10.2. The quantitative estimate of drug-likeness (QED) is 0.269. The third kappa shape index (κ3) is 5.50. The van der Waals surface area contributed by atoms with Gasteiger partial charge in [-0.2, -0.15) is 5.10 Å². The number of anilines is 1. The number of nitrogens with one attached hydrogen (secondary N) is 1. The number of ether oxygens (including phenoxy) is 2. The molecule has 0 saturated carbocycles. The van der Waals surface area contributed by atoms with Crippen LogP contribution >= 0.6 is 23.2 Å². The predicted molar refractivity (Wildman–Crippen MR) is 158 cm³/mol. The van der Waals surface area contributed by atoms with Crippen molar-refractivity contribution in [1.82, 2.24) is 19.7 Å². The van der Waals surface area contributed by atoms with Crippen molar-refractivity contribution in [2.75, 3.05) is 36.1 Å². The largest absolute Gasteiger partial charge is 0.486 e. The summed E-state index contributed by atoms with van der Waals surface area (Å²) in [5.74, 6) is 2.20. The van der Waals surface area contributed by atoms with E-state index in [1.807, 2.05) is 48.1 Å². The van der Waals surface area contributed by atoms with Crippen LogP contribution in [-0.2, 0) is 14.5 Å². The molecule has 1 unspecified atom stereocenters. The monoisotopic (exact) mass is 600 g/mol. The van der Waals surface area contributed by atoms with Gasteiger partial charge < -0.3 is 14.4 Å². The van der Waals surface area contributed by atoms with Crippen LogP contribution in [-0.4, -0.2) is 55.2 Å². The Hall–Kier alpha value is -2.92. The Morgan fingerprint density at radius 2 is 1.88 bits per heavy atom. The summed E-state index contributed by atoms with van der Waals surface area (Å²) in [5.41, 5.74) is 3.29. The zero-order valence-corrected chi connectivity index (χ0v) is 24.4. The first-order chi connectivity index (χ1) is 19.3. The van der Waals surface area contributed by atoms with Gasteiger partial charge in [0.25, 0.3) is 0 Å². The minimum Gasteiger partial charge on any atom is -0.486 e. The van der Waals surface area contributed by atoms with E-state index in [1.165, 1.54) is 0 Å². The van der Waals surface area contributed by atoms with Gasteiger partial charge in [-0.15, -0.1) is 0 Å². The van der Waals surface area contributed by atoms with Gasteiger partial charge in [0.15, 0.2) is 6.23 Å². The third-order valence-corrected chi connectivity index (χ3v) is 9.73. The summed E-state index contributed by atoms with van der Waals surface area (Å²) >= 11 is 12.7. The average molecular weight is 602 g/mol. The molecule has 0 amide bonds.